The van der Waals surface area contributed by atoms with E-state index in [9.17, 15) is 18.0 Å². The smallest absolute Gasteiger partial charge is 0.416 e. The molecular formula is C36H35F4N7O2. The van der Waals surface area contributed by atoms with Crippen molar-refractivity contribution in [3.63, 3.8) is 0 Å². The Morgan fingerprint density at radius 3 is 2.53 bits per heavy atom. The SMILES string of the molecule is CC1Cc2ccc(Oc3c(F)cnn4cc(-c5ccnnc5)cc34)cc2CN1C(=O)Cc1ccc(CN2CCN(C)CC2)c(C(F)(F)F)c1. The van der Waals surface area contributed by atoms with E-state index in [1.807, 2.05) is 24.9 Å². The molecule has 0 aliphatic carbocycles. The number of halogens is 4. The number of rotatable bonds is 7. The summed E-state index contributed by atoms with van der Waals surface area (Å²) >= 11 is 0. The van der Waals surface area contributed by atoms with Gasteiger partial charge in [0.25, 0.3) is 0 Å². The summed E-state index contributed by atoms with van der Waals surface area (Å²) < 4.78 is 65.3. The lowest BCUT2D eigenvalue weighted by Gasteiger charge is -2.35. The molecule has 2 aliphatic heterocycles. The van der Waals surface area contributed by atoms with Crippen molar-refractivity contribution in [2.75, 3.05) is 33.2 Å². The summed E-state index contributed by atoms with van der Waals surface area (Å²) in [6.45, 7) is 5.41. The Morgan fingerprint density at radius 1 is 0.959 bits per heavy atom. The summed E-state index contributed by atoms with van der Waals surface area (Å²) in [5.74, 6) is -0.526. The van der Waals surface area contributed by atoms with Crippen LogP contribution >= 0.6 is 0 Å². The number of hydrogen-bond acceptors (Lipinski definition) is 7. The number of benzene rings is 2. The molecule has 0 bridgehead atoms. The molecule has 2 aliphatic rings. The second-order valence-electron chi connectivity index (χ2n) is 12.9. The number of alkyl halides is 3. The number of aromatic nitrogens is 4. The monoisotopic (exact) mass is 673 g/mol. The maximum absolute atomic E-state index is 15.1. The van der Waals surface area contributed by atoms with Crippen molar-refractivity contribution >= 4 is 11.4 Å². The number of carbonyl (C=O) groups excluding carboxylic acids is 1. The zero-order valence-corrected chi connectivity index (χ0v) is 27.1. The Morgan fingerprint density at radius 2 is 1.78 bits per heavy atom. The first-order chi connectivity index (χ1) is 23.5. The van der Waals surface area contributed by atoms with Crippen LogP contribution < -0.4 is 4.74 Å². The van der Waals surface area contributed by atoms with Gasteiger partial charge in [0.15, 0.2) is 11.6 Å². The number of fused-ring (bicyclic) bond motifs is 2. The van der Waals surface area contributed by atoms with E-state index in [4.69, 9.17) is 4.74 Å². The molecule has 9 nitrogen and oxygen atoms in total. The Hall–Kier alpha value is -4.88. The molecule has 1 fully saturated rings. The van der Waals surface area contributed by atoms with E-state index in [1.165, 1.54) is 10.6 Å². The van der Waals surface area contributed by atoms with E-state index in [1.54, 1.807) is 53.8 Å². The highest BCUT2D eigenvalue weighted by atomic mass is 19.4. The highest BCUT2D eigenvalue weighted by Gasteiger charge is 2.35. The number of piperazine rings is 1. The van der Waals surface area contributed by atoms with Crippen LogP contribution in [-0.4, -0.2) is 79.7 Å². The van der Waals surface area contributed by atoms with Gasteiger partial charge >= 0.3 is 6.18 Å². The zero-order valence-electron chi connectivity index (χ0n) is 27.1. The minimum atomic E-state index is -4.53. The van der Waals surface area contributed by atoms with Crippen LogP contribution in [0.25, 0.3) is 16.6 Å². The fourth-order valence-corrected chi connectivity index (χ4v) is 6.62. The second-order valence-corrected chi connectivity index (χ2v) is 12.9. The Balaban J connectivity index is 1.08. The van der Waals surface area contributed by atoms with Crippen molar-refractivity contribution in [3.05, 3.63) is 107 Å². The minimum absolute atomic E-state index is 0.00290. The molecule has 5 aromatic rings. The van der Waals surface area contributed by atoms with Crippen LogP contribution in [0.4, 0.5) is 17.6 Å². The number of nitrogens with zero attached hydrogens (tertiary/aromatic N) is 7. The lowest BCUT2D eigenvalue weighted by Crippen LogP contribution is -2.44. The van der Waals surface area contributed by atoms with Gasteiger partial charge in [-0.3, -0.25) is 9.69 Å². The minimum Gasteiger partial charge on any atom is -0.452 e. The molecule has 1 amide bonds. The average molecular weight is 674 g/mol. The molecule has 49 heavy (non-hydrogen) atoms. The van der Waals surface area contributed by atoms with Crippen molar-refractivity contribution in [1.82, 2.24) is 34.5 Å². The second kappa shape index (κ2) is 13.2. The maximum Gasteiger partial charge on any atom is 0.416 e. The summed E-state index contributed by atoms with van der Waals surface area (Å²) in [4.78, 5) is 19.5. The molecular weight excluding hydrogens is 638 g/mol. The third-order valence-electron chi connectivity index (χ3n) is 9.39. The molecule has 0 saturated carbocycles. The van der Waals surface area contributed by atoms with Gasteiger partial charge in [-0.2, -0.15) is 28.5 Å². The molecule has 1 unspecified atom stereocenters. The highest BCUT2D eigenvalue weighted by Crippen LogP contribution is 2.36. The van der Waals surface area contributed by atoms with Crippen LogP contribution in [0, 0.1) is 5.82 Å². The molecule has 254 valence electrons. The number of hydrogen-bond donors (Lipinski definition) is 0. The topological polar surface area (TPSA) is 79.1 Å². The van der Waals surface area contributed by atoms with Gasteiger partial charge in [-0.25, -0.2) is 8.91 Å². The molecule has 0 radical (unpaired) electrons. The summed E-state index contributed by atoms with van der Waals surface area (Å²) in [7, 11) is 2.00. The van der Waals surface area contributed by atoms with Crippen LogP contribution in [0.15, 0.2) is 73.3 Å². The quantitative estimate of drug-likeness (QED) is 0.196. The van der Waals surface area contributed by atoms with Gasteiger partial charge in [0.05, 0.1) is 30.6 Å². The predicted molar refractivity (Wildman–Crippen MR) is 174 cm³/mol. The fraction of sp³-hybridized carbons (Fsp3) is 0.333. The van der Waals surface area contributed by atoms with Gasteiger partial charge in [-0.1, -0.05) is 18.2 Å². The number of carbonyl (C=O) groups is 1. The number of amides is 1. The highest BCUT2D eigenvalue weighted by molar-refractivity contribution is 5.79. The summed E-state index contributed by atoms with van der Waals surface area (Å²) in [6, 6.07) is 13.1. The van der Waals surface area contributed by atoms with E-state index in [-0.39, 0.29) is 42.8 Å². The van der Waals surface area contributed by atoms with E-state index in [0.717, 1.165) is 47.6 Å². The van der Waals surface area contributed by atoms with Crippen LogP contribution in [0.2, 0.25) is 0 Å². The molecule has 3 aromatic heterocycles. The molecule has 0 spiro atoms. The third kappa shape index (κ3) is 6.99. The Bertz CT molecular complexity index is 1990. The molecule has 7 rings (SSSR count). The van der Waals surface area contributed by atoms with Crippen molar-refractivity contribution in [1.29, 1.82) is 0 Å². The lowest BCUT2D eigenvalue weighted by atomic mass is 9.93. The third-order valence-corrected chi connectivity index (χ3v) is 9.39. The van der Waals surface area contributed by atoms with Gasteiger partial charge in [0.1, 0.15) is 11.3 Å². The molecule has 1 saturated heterocycles. The largest absolute Gasteiger partial charge is 0.452 e. The standard InChI is InChI=1S/C36H35F4N7O2/c1-23-13-25-5-6-30(49-35-32(37)19-43-47-22-29(17-33(35)47)26-7-8-41-42-18-26)16-28(25)21-46(23)34(48)15-24-3-4-27(31(14-24)36(38,39)40)20-45-11-9-44(2)10-12-45/h3-8,14,16-19,22-23H,9-13,15,20-21H2,1-2H3. The number of ether oxygens (including phenoxy) is 1. The van der Waals surface area contributed by atoms with Crippen molar-refractivity contribution in [2.24, 2.45) is 0 Å². The van der Waals surface area contributed by atoms with E-state index in [2.05, 4.69) is 20.2 Å². The lowest BCUT2D eigenvalue weighted by molar-refractivity contribution is -0.139. The van der Waals surface area contributed by atoms with Crippen LogP contribution in [-0.2, 0) is 36.9 Å². The Labute approximate surface area is 280 Å². The van der Waals surface area contributed by atoms with Gasteiger partial charge in [-0.15, -0.1) is 0 Å². The maximum atomic E-state index is 15.1. The van der Waals surface area contributed by atoms with Crippen LogP contribution in [0.3, 0.4) is 0 Å². The summed E-state index contributed by atoms with van der Waals surface area (Å²) in [6.07, 6.45) is 1.87. The first kappa shape index (κ1) is 32.7. The van der Waals surface area contributed by atoms with Gasteiger partial charge < -0.3 is 14.5 Å². The average Bonchev–Trinajstić information content (AvgIpc) is 3.52. The zero-order chi connectivity index (χ0) is 34.3. The van der Waals surface area contributed by atoms with Crippen LogP contribution in [0.1, 0.15) is 34.7 Å². The van der Waals surface area contributed by atoms with Gasteiger partial charge in [-0.05, 0) is 73.0 Å². The van der Waals surface area contributed by atoms with Crippen LogP contribution in [0.5, 0.6) is 11.5 Å². The first-order valence-electron chi connectivity index (χ1n) is 16.1. The van der Waals surface area contributed by atoms with Crippen molar-refractivity contribution < 1.29 is 27.1 Å². The van der Waals surface area contributed by atoms with E-state index >= 15 is 4.39 Å². The molecule has 13 heteroatoms. The fourth-order valence-electron chi connectivity index (χ4n) is 6.62. The molecule has 5 heterocycles. The first-order valence-corrected chi connectivity index (χ1v) is 16.1. The molecule has 2 aromatic carbocycles. The predicted octanol–water partition coefficient (Wildman–Crippen LogP) is 6.00. The van der Waals surface area contributed by atoms with Crippen molar-refractivity contribution in [3.8, 4) is 22.6 Å². The van der Waals surface area contributed by atoms with Crippen molar-refractivity contribution in [2.45, 2.75) is 45.1 Å². The Kier molecular flexibility index (Phi) is 8.80. The van der Waals surface area contributed by atoms with E-state index < -0.39 is 17.6 Å². The summed E-state index contributed by atoms with van der Waals surface area (Å²) in [5.41, 5.74) is 3.66. The normalized spacial score (nSPS) is 17.3. The van der Waals surface area contributed by atoms with Gasteiger partial charge in [0, 0.05) is 62.6 Å². The summed E-state index contributed by atoms with van der Waals surface area (Å²) in [5, 5.41) is 11.8. The molecule has 1 atom stereocenters. The number of likely N-dealkylation sites (N-methyl/N-ethyl adjacent to an activating group) is 1. The molecule has 0 N–H and O–H groups in total. The van der Waals surface area contributed by atoms with Gasteiger partial charge in [0.2, 0.25) is 5.91 Å². The van der Waals surface area contributed by atoms with E-state index in [0.29, 0.717) is 36.3 Å².